The molecule has 0 saturated heterocycles. The van der Waals surface area contributed by atoms with Gasteiger partial charge in [-0.15, -0.1) is 0 Å². The summed E-state index contributed by atoms with van der Waals surface area (Å²) < 4.78 is 5.55. The zero-order valence-electron chi connectivity index (χ0n) is 11.7. The fraction of sp³-hybridized carbons (Fsp3) is 0.500. The smallest absolute Gasteiger partial charge is 0.221 e. The van der Waals surface area contributed by atoms with Crippen molar-refractivity contribution in [3.05, 3.63) is 18.2 Å². The van der Waals surface area contributed by atoms with Crippen molar-refractivity contribution >= 4 is 17.3 Å². The molecular formula is C14H23N3O2. The highest BCUT2D eigenvalue weighted by Crippen LogP contribution is 2.29. The summed E-state index contributed by atoms with van der Waals surface area (Å²) in [6.45, 7) is 5.80. The maximum atomic E-state index is 11.3. The van der Waals surface area contributed by atoms with Crippen LogP contribution in [0.5, 0.6) is 5.75 Å². The van der Waals surface area contributed by atoms with E-state index in [-0.39, 0.29) is 5.91 Å². The molecule has 0 spiro atoms. The van der Waals surface area contributed by atoms with Gasteiger partial charge in [-0.2, -0.15) is 0 Å². The first-order valence-corrected chi connectivity index (χ1v) is 6.70. The zero-order valence-corrected chi connectivity index (χ0v) is 11.7. The molecule has 1 amide bonds. The van der Waals surface area contributed by atoms with Gasteiger partial charge in [-0.25, -0.2) is 0 Å². The van der Waals surface area contributed by atoms with Gasteiger partial charge in [0.25, 0.3) is 0 Å². The van der Waals surface area contributed by atoms with Crippen molar-refractivity contribution in [3.63, 3.8) is 0 Å². The van der Waals surface area contributed by atoms with Crippen LogP contribution in [0.1, 0.15) is 26.7 Å². The molecule has 1 aromatic carbocycles. The van der Waals surface area contributed by atoms with Gasteiger partial charge in [0.05, 0.1) is 18.0 Å². The molecule has 0 aromatic heterocycles. The molecule has 1 rings (SSSR count). The van der Waals surface area contributed by atoms with Crippen LogP contribution in [-0.2, 0) is 4.79 Å². The molecule has 5 heteroatoms. The Kier molecular flexibility index (Phi) is 6.57. The predicted molar refractivity (Wildman–Crippen MR) is 78.4 cm³/mol. The highest BCUT2D eigenvalue weighted by Gasteiger charge is 2.06. The van der Waals surface area contributed by atoms with Gasteiger partial charge < -0.3 is 21.1 Å². The summed E-state index contributed by atoms with van der Waals surface area (Å²) in [5.74, 6) is 0.719. The standard InChI is InChI=1S/C14H23N3O2/c1-3-10-19-12-7-5-6-11(14(12)15)17-9-8-13(18)16-4-2/h5-7,17H,3-4,8-10,15H2,1-2H3,(H,16,18). The van der Waals surface area contributed by atoms with Crippen molar-refractivity contribution < 1.29 is 9.53 Å². The van der Waals surface area contributed by atoms with Crippen molar-refractivity contribution in [2.24, 2.45) is 0 Å². The quantitative estimate of drug-likeness (QED) is 0.628. The number of carbonyl (C=O) groups excluding carboxylic acids is 1. The Morgan fingerprint density at radius 2 is 2.16 bits per heavy atom. The van der Waals surface area contributed by atoms with Gasteiger partial charge in [-0.05, 0) is 25.5 Å². The molecule has 0 aliphatic heterocycles. The molecule has 0 heterocycles. The number of carbonyl (C=O) groups is 1. The minimum Gasteiger partial charge on any atom is -0.491 e. The van der Waals surface area contributed by atoms with Crippen molar-refractivity contribution in [3.8, 4) is 5.75 Å². The van der Waals surface area contributed by atoms with Crippen LogP contribution in [0, 0.1) is 0 Å². The molecule has 4 N–H and O–H groups in total. The Labute approximate surface area is 114 Å². The largest absolute Gasteiger partial charge is 0.491 e. The normalized spacial score (nSPS) is 10.0. The molecule has 0 aliphatic carbocycles. The van der Waals surface area contributed by atoms with Crippen molar-refractivity contribution in [2.75, 3.05) is 30.7 Å². The minimum absolute atomic E-state index is 0.0342. The Morgan fingerprint density at radius 3 is 2.84 bits per heavy atom. The van der Waals surface area contributed by atoms with Gasteiger partial charge in [0.2, 0.25) is 5.91 Å². The number of hydrogen-bond acceptors (Lipinski definition) is 4. The molecule has 0 aliphatic rings. The molecule has 0 atom stereocenters. The van der Waals surface area contributed by atoms with E-state index in [0.717, 1.165) is 12.1 Å². The lowest BCUT2D eigenvalue weighted by atomic mass is 10.2. The van der Waals surface area contributed by atoms with Crippen LogP contribution < -0.4 is 21.1 Å². The van der Waals surface area contributed by atoms with Crippen LogP contribution in [0.3, 0.4) is 0 Å². The summed E-state index contributed by atoms with van der Waals surface area (Å²) in [4.78, 5) is 11.3. The molecule has 5 nitrogen and oxygen atoms in total. The van der Waals surface area contributed by atoms with E-state index < -0.39 is 0 Å². The van der Waals surface area contributed by atoms with E-state index in [9.17, 15) is 4.79 Å². The van der Waals surface area contributed by atoms with E-state index in [0.29, 0.717) is 37.6 Å². The average Bonchev–Trinajstić information content (AvgIpc) is 2.40. The summed E-state index contributed by atoms with van der Waals surface area (Å²) >= 11 is 0. The van der Waals surface area contributed by atoms with Crippen LogP contribution in [0.2, 0.25) is 0 Å². The summed E-state index contributed by atoms with van der Waals surface area (Å²) in [5.41, 5.74) is 7.40. The van der Waals surface area contributed by atoms with Crippen LogP contribution in [-0.4, -0.2) is 25.6 Å². The molecular weight excluding hydrogens is 242 g/mol. The van der Waals surface area contributed by atoms with Gasteiger partial charge in [-0.3, -0.25) is 4.79 Å². The van der Waals surface area contributed by atoms with Crippen LogP contribution in [0.15, 0.2) is 18.2 Å². The second kappa shape index (κ2) is 8.24. The number of rotatable bonds is 8. The molecule has 0 saturated carbocycles. The van der Waals surface area contributed by atoms with Crippen molar-refractivity contribution in [1.82, 2.24) is 5.32 Å². The van der Waals surface area contributed by atoms with Gasteiger partial charge >= 0.3 is 0 Å². The van der Waals surface area contributed by atoms with E-state index in [1.165, 1.54) is 0 Å². The Hall–Kier alpha value is -1.91. The number of nitrogens with two attached hydrogens (primary N) is 1. The second-order valence-corrected chi connectivity index (χ2v) is 4.20. The third kappa shape index (κ3) is 5.07. The highest BCUT2D eigenvalue weighted by atomic mass is 16.5. The average molecular weight is 265 g/mol. The zero-order chi connectivity index (χ0) is 14.1. The van der Waals surface area contributed by atoms with Gasteiger partial charge in [0.15, 0.2) is 0 Å². The number of ether oxygens (including phenoxy) is 1. The fourth-order valence-electron chi connectivity index (χ4n) is 1.63. The van der Waals surface area contributed by atoms with Crippen LogP contribution in [0.25, 0.3) is 0 Å². The highest BCUT2D eigenvalue weighted by molar-refractivity contribution is 5.77. The van der Waals surface area contributed by atoms with Crippen molar-refractivity contribution in [1.29, 1.82) is 0 Å². The number of nitrogens with one attached hydrogen (secondary N) is 2. The maximum absolute atomic E-state index is 11.3. The van der Waals surface area contributed by atoms with E-state index in [1.54, 1.807) is 0 Å². The van der Waals surface area contributed by atoms with Gasteiger partial charge in [-0.1, -0.05) is 13.0 Å². The van der Waals surface area contributed by atoms with E-state index in [1.807, 2.05) is 32.0 Å². The first-order chi connectivity index (χ1) is 9.19. The first-order valence-electron chi connectivity index (χ1n) is 6.70. The molecule has 106 valence electrons. The number of benzene rings is 1. The lowest BCUT2D eigenvalue weighted by Gasteiger charge is -2.13. The molecule has 1 aromatic rings. The van der Waals surface area contributed by atoms with Crippen molar-refractivity contribution in [2.45, 2.75) is 26.7 Å². The monoisotopic (exact) mass is 265 g/mol. The predicted octanol–water partition coefficient (Wildman–Crippen LogP) is 2.00. The van der Waals surface area contributed by atoms with Crippen LogP contribution >= 0.6 is 0 Å². The van der Waals surface area contributed by atoms with E-state index in [4.69, 9.17) is 10.5 Å². The Morgan fingerprint density at radius 1 is 1.37 bits per heavy atom. The summed E-state index contributed by atoms with van der Waals surface area (Å²) in [5, 5.41) is 5.90. The number of amides is 1. The number of nitrogen functional groups attached to an aromatic ring is 1. The topological polar surface area (TPSA) is 76.4 Å². The van der Waals surface area contributed by atoms with E-state index in [2.05, 4.69) is 10.6 Å². The fourth-order valence-corrected chi connectivity index (χ4v) is 1.63. The lowest BCUT2D eigenvalue weighted by molar-refractivity contribution is -0.120. The Bertz CT molecular complexity index is 408. The van der Waals surface area contributed by atoms with Crippen LogP contribution in [0.4, 0.5) is 11.4 Å². The minimum atomic E-state index is 0.0342. The third-order valence-electron chi connectivity index (χ3n) is 2.57. The number of hydrogen-bond donors (Lipinski definition) is 3. The first kappa shape index (κ1) is 15.1. The van der Waals surface area contributed by atoms with E-state index >= 15 is 0 Å². The number of para-hydroxylation sites is 1. The molecule has 0 fully saturated rings. The Balaban J connectivity index is 2.51. The van der Waals surface area contributed by atoms with Gasteiger partial charge in [0, 0.05) is 19.5 Å². The number of anilines is 2. The molecule has 0 unspecified atom stereocenters. The SMILES string of the molecule is CCCOc1cccc(NCCC(=O)NCC)c1N. The van der Waals surface area contributed by atoms with Gasteiger partial charge in [0.1, 0.15) is 5.75 Å². The second-order valence-electron chi connectivity index (χ2n) is 4.20. The summed E-state index contributed by atoms with van der Waals surface area (Å²) in [7, 11) is 0. The summed E-state index contributed by atoms with van der Waals surface area (Å²) in [6.07, 6.45) is 1.36. The maximum Gasteiger partial charge on any atom is 0.221 e. The lowest BCUT2D eigenvalue weighted by Crippen LogP contribution is -2.24. The molecule has 19 heavy (non-hydrogen) atoms. The summed E-state index contributed by atoms with van der Waals surface area (Å²) in [6, 6.07) is 5.61. The molecule has 0 bridgehead atoms. The third-order valence-corrected chi connectivity index (χ3v) is 2.57. The molecule has 0 radical (unpaired) electrons.